The lowest BCUT2D eigenvalue weighted by molar-refractivity contribution is 0.0935. The van der Waals surface area contributed by atoms with Crippen molar-refractivity contribution in [2.45, 2.75) is 44.3 Å². The van der Waals surface area contributed by atoms with Crippen LogP contribution in [0.2, 0.25) is 0 Å². The summed E-state index contributed by atoms with van der Waals surface area (Å²) >= 11 is 1.42. The van der Waals surface area contributed by atoms with Gasteiger partial charge in [-0.15, -0.1) is 11.3 Å². The minimum Gasteiger partial charge on any atom is -0.444 e. The quantitative estimate of drug-likeness (QED) is 0.913. The van der Waals surface area contributed by atoms with E-state index in [4.69, 9.17) is 4.42 Å². The molecule has 21 heavy (non-hydrogen) atoms. The van der Waals surface area contributed by atoms with Crippen molar-refractivity contribution in [2.24, 2.45) is 0 Å². The summed E-state index contributed by atoms with van der Waals surface area (Å²) in [6.45, 7) is 1.89. The molecule has 2 aromatic heterocycles. The lowest BCUT2D eigenvalue weighted by Gasteiger charge is -2.20. The molecule has 2 bridgehead atoms. The normalized spacial score (nSPS) is 27.2. The summed E-state index contributed by atoms with van der Waals surface area (Å²) < 4.78 is 5.37. The Kier molecular flexibility index (Phi) is 3.08. The Bertz CT molecular complexity index is 678. The van der Waals surface area contributed by atoms with Crippen molar-refractivity contribution in [2.75, 3.05) is 0 Å². The number of nitrogens with zero attached hydrogens (tertiary/aromatic N) is 1. The van der Waals surface area contributed by atoms with Crippen LogP contribution in [0.3, 0.4) is 0 Å². The van der Waals surface area contributed by atoms with Gasteiger partial charge in [-0.1, -0.05) is 0 Å². The number of thiophene rings is 1. The first kappa shape index (κ1) is 13.0. The number of nitrogens with one attached hydrogen (secondary N) is 2. The molecule has 0 spiro atoms. The molecular weight excluding hydrogens is 286 g/mol. The van der Waals surface area contributed by atoms with Gasteiger partial charge in [-0.25, -0.2) is 4.98 Å². The zero-order valence-corrected chi connectivity index (χ0v) is 12.6. The van der Waals surface area contributed by atoms with Crippen LogP contribution in [0.15, 0.2) is 22.8 Å². The van der Waals surface area contributed by atoms with Crippen molar-refractivity contribution in [1.82, 2.24) is 15.6 Å². The van der Waals surface area contributed by atoms with Gasteiger partial charge >= 0.3 is 0 Å². The monoisotopic (exact) mass is 303 g/mol. The second-order valence-corrected chi connectivity index (χ2v) is 6.90. The van der Waals surface area contributed by atoms with Crippen LogP contribution in [0.1, 0.15) is 34.6 Å². The molecule has 2 aliphatic rings. The number of rotatable bonds is 3. The zero-order chi connectivity index (χ0) is 14.4. The molecule has 0 radical (unpaired) electrons. The first-order chi connectivity index (χ1) is 10.2. The fraction of sp³-hybridized carbons (Fsp3) is 0.467. The Morgan fingerprint density at radius 3 is 3.05 bits per heavy atom. The first-order valence-corrected chi connectivity index (χ1v) is 8.10. The SMILES string of the molecule is Cc1coc(-c2ccc(C(=O)N[C@@H]3C[C@H]4CC[C@@H]3N4)s2)n1. The van der Waals surface area contributed by atoms with Gasteiger partial charge in [0.05, 0.1) is 15.4 Å². The smallest absolute Gasteiger partial charge is 0.261 e. The van der Waals surface area contributed by atoms with E-state index in [1.165, 1.54) is 24.2 Å². The van der Waals surface area contributed by atoms with Crippen molar-refractivity contribution < 1.29 is 9.21 Å². The fourth-order valence-corrected chi connectivity index (χ4v) is 4.11. The van der Waals surface area contributed by atoms with Gasteiger partial charge in [-0.3, -0.25) is 4.79 Å². The van der Waals surface area contributed by atoms with Gasteiger partial charge < -0.3 is 15.1 Å². The van der Waals surface area contributed by atoms with Crippen LogP contribution in [0.5, 0.6) is 0 Å². The lowest BCUT2D eigenvalue weighted by atomic mass is 9.95. The molecule has 2 saturated heterocycles. The van der Waals surface area contributed by atoms with Gasteiger partial charge in [-0.2, -0.15) is 0 Å². The second kappa shape index (κ2) is 4.96. The van der Waals surface area contributed by atoms with Gasteiger partial charge in [0.1, 0.15) is 6.26 Å². The van der Waals surface area contributed by atoms with Crippen LogP contribution in [0.25, 0.3) is 10.8 Å². The van der Waals surface area contributed by atoms with E-state index in [2.05, 4.69) is 15.6 Å². The summed E-state index contributed by atoms with van der Waals surface area (Å²) in [6, 6.07) is 5.05. The van der Waals surface area contributed by atoms with Crippen molar-refractivity contribution >= 4 is 17.2 Å². The molecule has 0 unspecified atom stereocenters. The third kappa shape index (κ3) is 2.38. The molecular formula is C15H17N3O2S. The molecule has 2 aliphatic heterocycles. The van der Waals surface area contributed by atoms with E-state index in [1.54, 1.807) is 6.26 Å². The maximum atomic E-state index is 12.3. The average molecular weight is 303 g/mol. The van der Waals surface area contributed by atoms with Crippen molar-refractivity contribution in [3.05, 3.63) is 29.0 Å². The molecule has 1 amide bonds. The fourth-order valence-electron chi connectivity index (χ4n) is 3.27. The van der Waals surface area contributed by atoms with E-state index in [9.17, 15) is 4.79 Å². The Morgan fingerprint density at radius 2 is 2.38 bits per heavy atom. The van der Waals surface area contributed by atoms with E-state index in [-0.39, 0.29) is 11.9 Å². The van der Waals surface area contributed by atoms with E-state index in [1.807, 2.05) is 19.1 Å². The number of aromatic nitrogens is 1. The maximum Gasteiger partial charge on any atom is 0.261 e. The van der Waals surface area contributed by atoms with Gasteiger partial charge in [0, 0.05) is 18.1 Å². The molecule has 4 rings (SSSR count). The highest BCUT2D eigenvalue weighted by atomic mass is 32.1. The van der Waals surface area contributed by atoms with Crippen molar-refractivity contribution in [3.63, 3.8) is 0 Å². The van der Waals surface area contributed by atoms with Crippen LogP contribution in [0.4, 0.5) is 0 Å². The average Bonchev–Trinajstić information content (AvgIpc) is 3.22. The number of oxazole rings is 1. The molecule has 2 fully saturated rings. The number of carbonyl (C=O) groups excluding carboxylic acids is 1. The molecule has 0 saturated carbocycles. The molecule has 0 aliphatic carbocycles. The minimum absolute atomic E-state index is 0.00822. The van der Waals surface area contributed by atoms with Gasteiger partial charge in [-0.05, 0) is 38.3 Å². The predicted octanol–water partition coefficient (Wildman–Crippen LogP) is 2.33. The second-order valence-electron chi connectivity index (χ2n) is 5.82. The standard InChI is InChI=1S/C15H17N3O2S/c1-8-7-20-15(16-8)13-5-4-12(21-13)14(19)18-11-6-9-2-3-10(11)17-9/h4-5,7,9-11,17H,2-3,6H2,1H3,(H,18,19)/t9-,10+,11-/m1/s1. The number of hydrogen-bond acceptors (Lipinski definition) is 5. The molecule has 3 atom stereocenters. The third-order valence-corrected chi connectivity index (χ3v) is 5.35. The predicted molar refractivity (Wildman–Crippen MR) is 80.4 cm³/mol. The number of hydrogen-bond donors (Lipinski definition) is 2. The van der Waals surface area contributed by atoms with Crippen LogP contribution in [-0.4, -0.2) is 29.0 Å². The Morgan fingerprint density at radius 1 is 1.48 bits per heavy atom. The number of fused-ring (bicyclic) bond motifs is 2. The molecule has 6 heteroatoms. The summed E-state index contributed by atoms with van der Waals surface area (Å²) in [5, 5.41) is 6.69. The molecule has 4 heterocycles. The molecule has 110 valence electrons. The van der Waals surface area contributed by atoms with E-state index in [0.717, 1.165) is 17.0 Å². The molecule has 5 nitrogen and oxygen atoms in total. The topological polar surface area (TPSA) is 67.2 Å². The Labute approximate surface area is 126 Å². The van der Waals surface area contributed by atoms with Crippen LogP contribution in [0, 0.1) is 6.92 Å². The third-order valence-electron chi connectivity index (χ3n) is 4.28. The van der Waals surface area contributed by atoms with Gasteiger partial charge in [0.2, 0.25) is 5.89 Å². The maximum absolute atomic E-state index is 12.3. The highest BCUT2D eigenvalue weighted by molar-refractivity contribution is 7.17. The molecule has 0 aromatic carbocycles. The highest BCUT2D eigenvalue weighted by Crippen LogP contribution is 2.30. The summed E-state index contributed by atoms with van der Waals surface area (Å²) in [5.41, 5.74) is 0.845. The number of amides is 1. The molecule has 2 N–H and O–H groups in total. The Hall–Kier alpha value is -1.66. The summed E-state index contributed by atoms with van der Waals surface area (Å²) in [4.78, 5) is 18.2. The lowest BCUT2D eigenvalue weighted by Crippen LogP contribution is -2.42. The number of aryl methyl sites for hydroxylation is 1. The van der Waals surface area contributed by atoms with E-state index >= 15 is 0 Å². The molecule has 2 aromatic rings. The van der Waals surface area contributed by atoms with Gasteiger partial charge in [0.25, 0.3) is 5.91 Å². The van der Waals surface area contributed by atoms with Gasteiger partial charge in [0.15, 0.2) is 0 Å². The first-order valence-electron chi connectivity index (χ1n) is 7.28. The summed E-state index contributed by atoms with van der Waals surface area (Å²) in [5.74, 6) is 0.590. The zero-order valence-electron chi connectivity index (χ0n) is 11.8. The summed E-state index contributed by atoms with van der Waals surface area (Å²) in [6.07, 6.45) is 5.08. The van der Waals surface area contributed by atoms with Crippen LogP contribution in [-0.2, 0) is 0 Å². The van der Waals surface area contributed by atoms with Crippen molar-refractivity contribution in [1.29, 1.82) is 0 Å². The summed E-state index contributed by atoms with van der Waals surface area (Å²) in [7, 11) is 0. The minimum atomic E-state index is 0.00822. The van der Waals surface area contributed by atoms with E-state index < -0.39 is 0 Å². The largest absolute Gasteiger partial charge is 0.444 e. The van der Waals surface area contributed by atoms with Crippen LogP contribution < -0.4 is 10.6 Å². The highest BCUT2D eigenvalue weighted by Gasteiger charge is 2.39. The van der Waals surface area contributed by atoms with E-state index in [0.29, 0.717) is 22.9 Å². The number of carbonyl (C=O) groups is 1. The van der Waals surface area contributed by atoms with Crippen molar-refractivity contribution in [3.8, 4) is 10.8 Å². The Balaban J connectivity index is 1.46. The van der Waals surface area contributed by atoms with Crippen LogP contribution >= 0.6 is 11.3 Å².